The lowest BCUT2D eigenvalue weighted by Crippen LogP contribution is -2.36. The molecule has 2 N–H and O–H groups in total. The van der Waals surface area contributed by atoms with Gasteiger partial charge in [0.25, 0.3) is 5.91 Å². The van der Waals surface area contributed by atoms with Gasteiger partial charge in [0.2, 0.25) is 5.96 Å². The minimum Gasteiger partial charge on any atom is -0.497 e. The molecule has 0 aliphatic carbocycles. The molecule has 1 heterocycles. The lowest BCUT2D eigenvalue weighted by molar-refractivity contribution is 0.0976. The van der Waals surface area contributed by atoms with Gasteiger partial charge in [-0.15, -0.1) is 0 Å². The molecular formula is C23H24N4O4. The van der Waals surface area contributed by atoms with Crippen LogP contribution in [0.1, 0.15) is 15.9 Å². The first-order valence-corrected chi connectivity index (χ1v) is 9.50. The molecular weight excluding hydrogens is 396 g/mol. The number of methoxy groups -OCH3 is 3. The van der Waals surface area contributed by atoms with Crippen LogP contribution in [-0.2, 0) is 6.54 Å². The second-order valence-electron chi connectivity index (χ2n) is 6.43. The van der Waals surface area contributed by atoms with Crippen molar-refractivity contribution in [2.24, 2.45) is 4.99 Å². The van der Waals surface area contributed by atoms with Crippen LogP contribution in [0.5, 0.6) is 17.2 Å². The zero-order valence-electron chi connectivity index (χ0n) is 17.6. The van der Waals surface area contributed by atoms with Crippen LogP contribution >= 0.6 is 0 Å². The molecule has 0 saturated heterocycles. The average Bonchev–Trinajstić information content (AvgIpc) is 2.82. The number of pyridine rings is 1. The van der Waals surface area contributed by atoms with E-state index < -0.39 is 0 Å². The zero-order chi connectivity index (χ0) is 22.1. The Kier molecular flexibility index (Phi) is 7.42. The lowest BCUT2D eigenvalue weighted by atomic mass is 10.2. The first-order valence-electron chi connectivity index (χ1n) is 9.50. The number of guanidine groups is 1. The largest absolute Gasteiger partial charge is 0.497 e. The molecule has 3 rings (SSSR count). The summed E-state index contributed by atoms with van der Waals surface area (Å²) in [5.41, 5.74) is 2.05. The molecule has 0 unspecified atom stereocenters. The summed E-state index contributed by atoms with van der Waals surface area (Å²) in [6.07, 6.45) is 3.39. The highest BCUT2D eigenvalue weighted by atomic mass is 16.5. The predicted molar refractivity (Wildman–Crippen MR) is 119 cm³/mol. The van der Waals surface area contributed by atoms with Crippen molar-refractivity contribution in [3.8, 4) is 17.2 Å². The third kappa shape index (κ3) is 6.20. The molecule has 0 fully saturated rings. The SMILES string of the molecule is COc1cc(NC(=NCc2ccncc2)NC(=O)c2cccc(OC)c2)cc(OC)c1. The van der Waals surface area contributed by atoms with E-state index in [1.54, 1.807) is 76.2 Å². The predicted octanol–water partition coefficient (Wildman–Crippen LogP) is 3.51. The molecule has 1 aromatic heterocycles. The van der Waals surface area contributed by atoms with Gasteiger partial charge in [0.05, 0.1) is 27.9 Å². The number of nitrogens with one attached hydrogen (secondary N) is 2. The Morgan fingerprint density at radius 1 is 0.903 bits per heavy atom. The third-order valence-corrected chi connectivity index (χ3v) is 4.35. The van der Waals surface area contributed by atoms with E-state index >= 15 is 0 Å². The number of anilines is 1. The van der Waals surface area contributed by atoms with E-state index in [2.05, 4.69) is 20.6 Å². The van der Waals surface area contributed by atoms with Crippen molar-refractivity contribution in [2.45, 2.75) is 6.54 Å². The van der Waals surface area contributed by atoms with Crippen molar-refractivity contribution >= 4 is 17.6 Å². The fraction of sp³-hybridized carbons (Fsp3) is 0.174. The van der Waals surface area contributed by atoms with E-state index in [-0.39, 0.29) is 11.9 Å². The van der Waals surface area contributed by atoms with E-state index in [0.717, 1.165) is 5.56 Å². The Morgan fingerprint density at radius 3 is 2.23 bits per heavy atom. The van der Waals surface area contributed by atoms with Crippen LogP contribution in [0.4, 0.5) is 5.69 Å². The Morgan fingerprint density at radius 2 is 1.58 bits per heavy atom. The number of ether oxygens (including phenoxy) is 3. The molecule has 0 saturated carbocycles. The monoisotopic (exact) mass is 420 g/mol. The molecule has 8 heteroatoms. The zero-order valence-corrected chi connectivity index (χ0v) is 17.6. The minimum atomic E-state index is -0.324. The van der Waals surface area contributed by atoms with Crippen molar-refractivity contribution in [1.82, 2.24) is 10.3 Å². The van der Waals surface area contributed by atoms with Crippen molar-refractivity contribution in [3.05, 3.63) is 78.1 Å². The van der Waals surface area contributed by atoms with Crippen LogP contribution in [0, 0.1) is 0 Å². The normalized spacial score (nSPS) is 10.9. The highest BCUT2D eigenvalue weighted by Crippen LogP contribution is 2.25. The van der Waals surface area contributed by atoms with Gasteiger partial charge in [0.15, 0.2) is 0 Å². The fourth-order valence-corrected chi connectivity index (χ4v) is 2.73. The van der Waals surface area contributed by atoms with Crippen molar-refractivity contribution in [3.63, 3.8) is 0 Å². The first-order chi connectivity index (χ1) is 15.1. The quantitative estimate of drug-likeness (QED) is 0.449. The fourth-order valence-electron chi connectivity index (χ4n) is 2.73. The van der Waals surface area contributed by atoms with Gasteiger partial charge in [-0.05, 0) is 35.9 Å². The van der Waals surface area contributed by atoms with Gasteiger partial charge in [-0.2, -0.15) is 0 Å². The molecule has 160 valence electrons. The maximum Gasteiger partial charge on any atom is 0.258 e. The molecule has 3 aromatic rings. The molecule has 0 spiro atoms. The van der Waals surface area contributed by atoms with E-state index in [1.807, 2.05) is 12.1 Å². The molecule has 0 radical (unpaired) electrons. The molecule has 1 amide bonds. The number of carbonyl (C=O) groups is 1. The maximum atomic E-state index is 12.8. The molecule has 0 aliphatic heterocycles. The van der Waals surface area contributed by atoms with Crippen molar-refractivity contribution in [2.75, 3.05) is 26.6 Å². The highest BCUT2D eigenvalue weighted by Gasteiger charge is 2.12. The minimum absolute atomic E-state index is 0.278. The summed E-state index contributed by atoms with van der Waals surface area (Å²) >= 11 is 0. The molecule has 8 nitrogen and oxygen atoms in total. The number of nitrogens with zero attached hydrogens (tertiary/aromatic N) is 2. The Bertz CT molecular complexity index is 1030. The first kappa shape index (κ1) is 21.6. The van der Waals surface area contributed by atoms with Gasteiger partial charge in [0, 0.05) is 41.8 Å². The number of rotatable bonds is 7. The van der Waals surface area contributed by atoms with Crippen LogP contribution in [0.2, 0.25) is 0 Å². The summed E-state index contributed by atoms with van der Waals surface area (Å²) < 4.78 is 15.8. The van der Waals surface area contributed by atoms with E-state index in [4.69, 9.17) is 14.2 Å². The summed E-state index contributed by atoms with van der Waals surface area (Å²) in [5, 5.41) is 5.96. The number of hydrogen-bond acceptors (Lipinski definition) is 6. The second kappa shape index (κ2) is 10.6. The van der Waals surface area contributed by atoms with Gasteiger partial charge in [-0.25, -0.2) is 4.99 Å². The van der Waals surface area contributed by atoms with E-state index in [1.165, 1.54) is 0 Å². The summed E-state index contributed by atoms with van der Waals surface area (Å²) in [5.74, 6) is 1.76. The average molecular weight is 420 g/mol. The number of benzene rings is 2. The van der Waals surface area contributed by atoms with E-state index in [0.29, 0.717) is 35.0 Å². The van der Waals surface area contributed by atoms with E-state index in [9.17, 15) is 4.79 Å². The number of aromatic nitrogens is 1. The summed E-state index contributed by atoms with van der Waals surface area (Å²) in [6.45, 7) is 0.352. The molecule has 31 heavy (non-hydrogen) atoms. The summed E-state index contributed by atoms with van der Waals surface area (Å²) in [7, 11) is 4.69. The maximum absolute atomic E-state index is 12.8. The van der Waals surface area contributed by atoms with Gasteiger partial charge >= 0.3 is 0 Å². The lowest BCUT2D eigenvalue weighted by Gasteiger charge is -2.14. The van der Waals surface area contributed by atoms with Gasteiger partial charge in [0.1, 0.15) is 17.2 Å². The van der Waals surface area contributed by atoms with Crippen molar-refractivity contribution in [1.29, 1.82) is 0 Å². The Labute approximate surface area is 180 Å². The highest BCUT2D eigenvalue weighted by molar-refractivity contribution is 6.10. The van der Waals surface area contributed by atoms with Crippen LogP contribution in [0.25, 0.3) is 0 Å². The van der Waals surface area contributed by atoms with Crippen molar-refractivity contribution < 1.29 is 19.0 Å². The standard InChI is InChI=1S/C23H24N4O4/c1-29-19-6-4-5-17(11-19)22(28)27-23(25-15-16-7-9-24-10-8-16)26-18-12-20(30-2)14-21(13-18)31-3/h4-14H,15H2,1-3H3,(H2,25,26,27,28). The third-order valence-electron chi connectivity index (χ3n) is 4.35. The molecule has 2 aromatic carbocycles. The van der Waals surface area contributed by atoms with Gasteiger partial charge in [-0.1, -0.05) is 6.07 Å². The van der Waals surface area contributed by atoms with Crippen LogP contribution in [-0.4, -0.2) is 38.2 Å². The van der Waals surface area contributed by atoms with Crippen LogP contribution < -0.4 is 24.8 Å². The molecule has 0 aliphatic rings. The second-order valence-corrected chi connectivity index (χ2v) is 6.43. The number of aliphatic imine (C=N–C) groups is 1. The van der Waals surface area contributed by atoms with Crippen LogP contribution in [0.15, 0.2) is 72.0 Å². The number of carbonyl (C=O) groups excluding carboxylic acids is 1. The Balaban J connectivity index is 1.86. The summed E-state index contributed by atoms with van der Waals surface area (Å²) in [6, 6.07) is 15.9. The van der Waals surface area contributed by atoms with Gasteiger partial charge in [-0.3, -0.25) is 15.1 Å². The Hall–Kier alpha value is -4.07. The van der Waals surface area contributed by atoms with Gasteiger partial charge < -0.3 is 19.5 Å². The molecule has 0 atom stereocenters. The number of amides is 1. The van der Waals surface area contributed by atoms with Crippen LogP contribution in [0.3, 0.4) is 0 Å². The topological polar surface area (TPSA) is 94.1 Å². The molecule has 0 bridgehead atoms. The summed E-state index contributed by atoms with van der Waals surface area (Å²) in [4.78, 5) is 21.4. The number of hydrogen-bond donors (Lipinski definition) is 2. The smallest absolute Gasteiger partial charge is 0.258 e.